The predicted molar refractivity (Wildman–Crippen MR) is 66.3 cm³/mol. The lowest BCUT2D eigenvalue weighted by Gasteiger charge is -2.34. The number of carbonyl (C=O) groups excluding carboxylic acids is 1. The van der Waals surface area contributed by atoms with Gasteiger partial charge in [0, 0.05) is 31.2 Å². The molecule has 0 bridgehead atoms. The maximum atomic E-state index is 13.6. The molecule has 1 heterocycles. The van der Waals surface area contributed by atoms with Crippen molar-refractivity contribution in [2.45, 2.75) is 13.0 Å². The highest BCUT2D eigenvalue weighted by Gasteiger charge is 2.24. The summed E-state index contributed by atoms with van der Waals surface area (Å²) in [4.78, 5) is 14.0. The van der Waals surface area contributed by atoms with E-state index in [-0.39, 0.29) is 17.7 Å². The molecule has 1 aliphatic rings. The number of nitrogens with one attached hydrogen (secondary N) is 1. The van der Waals surface area contributed by atoms with Gasteiger partial charge in [-0.25, -0.2) is 4.39 Å². The summed E-state index contributed by atoms with van der Waals surface area (Å²) in [6.45, 7) is 4.16. The maximum absolute atomic E-state index is 13.6. The number of carbonyl (C=O) groups is 1. The van der Waals surface area contributed by atoms with E-state index in [9.17, 15) is 9.18 Å². The van der Waals surface area contributed by atoms with Crippen molar-refractivity contribution in [3.63, 3.8) is 0 Å². The standard InChI is InChI=1S/C13H17FN2O2/c1-9-8-15-5-6-16(9)13(17)10-3-4-12(18-2)11(14)7-10/h3-4,7,9,15H,5-6,8H2,1-2H3. The molecule has 5 heteroatoms. The number of rotatable bonds is 2. The van der Waals surface area contributed by atoms with Crippen LogP contribution < -0.4 is 10.1 Å². The van der Waals surface area contributed by atoms with E-state index in [1.807, 2.05) is 6.92 Å². The Hall–Kier alpha value is -1.62. The number of hydrogen-bond donors (Lipinski definition) is 1. The molecule has 1 saturated heterocycles. The summed E-state index contributed by atoms with van der Waals surface area (Å²) in [6, 6.07) is 4.43. The third-order valence-corrected chi connectivity index (χ3v) is 3.16. The SMILES string of the molecule is COc1ccc(C(=O)N2CCNCC2C)cc1F. The van der Waals surface area contributed by atoms with Crippen LogP contribution in [0.25, 0.3) is 0 Å². The second-order valence-corrected chi connectivity index (χ2v) is 4.40. The fourth-order valence-electron chi connectivity index (χ4n) is 2.11. The Morgan fingerprint density at radius 1 is 1.56 bits per heavy atom. The van der Waals surface area contributed by atoms with E-state index < -0.39 is 5.82 Å². The molecule has 2 rings (SSSR count). The normalized spacial score (nSPS) is 19.7. The van der Waals surface area contributed by atoms with Crippen LogP contribution in [0.1, 0.15) is 17.3 Å². The van der Waals surface area contributed by atoms with Crippen LogP contribution in [0, 0.1) is 5.82 Å². The van der Waals surface area contributed by atoms with Crippen LogP contribution in [-0.2, 0) is 0 Å². The molecule has 1 N–H and O–H groups in total. The molecule has 4 nitrogen and oxygen atoms in total. The quantitative estimate of drug-likeness (QED) is 0.861. The smallest absolute Gasteiger partial charge is 0.254 e. The van der Waals surface area contributed by atoms with Gasteiger partial charge in [0.15, 0.2) is 11.6 Å². The highest BCUT2D eigenvalue weighted by Crippen LogP contribution is 2.19. The Morgan fingerprint density at radius 2 is 2.33 bits per heavy atom. The molecule has 1 aromatic rings. The third-order valence-electron chi connectivity index (χ3n) is 3.16. The zero-order valence-corrected chi connectivity index (χ0v) is 10.6. The number of ether oxygens (including phenoxy) is 1. The number of nitrogens with zero attached hydrogens (tertiary/aromatic N) is 1. The fraction of sp³-hybridized carbons (Fsp3) is 0.462. The number of piperazine rings is 1. The molecule has 1 fully saturated rings. The van der Waals surface area contributed by atoms with E-state index >= 15 is 0 Å². The second kappa shape index (κ2) is 5.35. The van der Waals surface area contributed by atoms with Crippen LogP contribution >= 0.6 is 0 Å². The lowest BCUT2D eigenvalue weighted by Crippen LogP contribution is -2.52. The number of benzene rings is 1. The van der Waals surface area contributed by atoms with Crippen LogP contribution in [0.4, 0.5) is 4.39 Å². The van der Waals surface area contributed by atoms with Crippen LogP contribution in [-0.4, -0.2) is 43.6 Å². The van der Waals surface area contributed by atoms with Crippen molar-refractivity contribution in [2.75, 3.05) is 26.7 Å². The molecule has 0 aromatic heterocycles. The number of amides is 1. The summed E-state index contributed by atoms with van der Waals surface area (Å²) >= 11 is 0. The zero-order valence-electron chi connectivity index (χ0n) is 10.6. The van der Waals surface area contributed by atoms with E-state index in [1.54, 1.807) is 11.0 Å². The van der Waals surface area contributed by atoms with Crippen LogP contribution in [0.3, 0.4) is 0 Å². The van der Waals surface area contributed by atoms with Crippen molar-refractivity contribution in [3.05, 3.63) is 29.6 Å². The molecule has 1 amide bonds. The Labute approximate surface area is 106 Å². The minimum Gasteiger partial charge on any atom is -0.494 e. The van der Waals surface area contributed by atoms with Crippen molar-refractivity contribution in [1.29, 1.82) is 0 Å². The van der Waals surface area contributed by atoms with Crippen LogP contribution in [0.15, 0.2) is 18.2 Å². The molecule has 1 unspecified atom stereocenters. The monoisotopic (exact) mass is 252 g/mol. The Morgan fingerprint density at radius 3 is 2.94 bits per heavy atom. The summed E-state index contributed by atoms with van der Waals surface area (Å²) in [7, 11) is 1.40. The highest BCUT2D eigenvalue weighted by molar-refractivity contribution is 5.94. The molecule has 0 radical (unpaired) electrons. The Balaban J connectivity index is 2.20. The van der Waals surface area contributed by atoms with Gasteiger partial charge in [-0.3, -0.25) is 4.79 Å². The van der Waals surface area contributed by atoms with Crippen LogP contribution in [0.2, 0.25) is 0 Å². The van der Waals surface area contributed by atoms with E-state index in [0.29, 0.717) is 12.1 Å². The van der Waals surface area contributed by atoms with Crippen molar-refractivity contribution < 1.29 is 13.9 Å². The lowest BCUT2D eigenvalue weighted by molar-refractivity contribution is 0.0655. The first-order valence-corrected chi connectivity index (χ1v) is 5.98. The molecule has 1 aliphatic heterocycles. The van der Waals surface area contributed by atoms with Crippen molar-refractivity contribution in [3.8, 4) is 5.75 Å². The van der Waals surface area contributed by atoms with Crippen LogP contribution in [0.5, 0.6) is 5.75 Å². The first kappa shape index (κ1) is 12.8. The van der Waals surface area contributed by atoms with Crippen molar-refractivity contribution in [1.82, 2.24) is 10.2 Å². The van der Waals surface area contributed by atoms with Gasteiger partial charge in [-0.2, -0.15) is 0 Å². The fourth-order valence-corrected chi connectivity index (χ4v) is 2.11. The summed E-state index contributed by atoms with van der Waals surface area (Å²) in [5.74, 6) is -0.489. The van der Waals surface area contributed by atoms with Gasteiger partial charge in [0.2, 0.25) is 0 Å². The summed E-state index contributed by atoms with van der Waals surface area (Å²) in [5, 5.41) is 3.21. The highest BCUT2D eigenvalue weighted by atomic mass is 19.1. The number of methoxy groups -OCH3 is 1. The lowest BCUT2D eigenvalue weighted by atomic mass is 10.1. The van der Waals surface area contributed by atoms with Gasteiger partial charge in [0.1, 0.15) is 0 Å². The summed E-state index contributed by atoms with van der Waals surface area (Å²) in [6.07, 6.45) is 0. The maximum Gasteiger partial charge on any atom is 0.254 e. The average molecular weight is 252 g/mol. The van der Waals surface area contributed by atoms with Gasteiger partial charge >= 0.3 is 0 Å². The minimum atomic E-state index is -0.508. The number of halogens is 1. The minimum absolute atomic E-state index is 0.122. The average Bonchev–Trinajstić information content (AvgIpc) is 2.38. The molecule has 1 aromatic carbocycles. The van der Waals surface area contributed by atoms with Gasteiger partial charge in [0.05, 0.1) is 7.11 Å². The van der Waals surface area contributed by atoms with Gasteiger partial charge in [0.25, 0.3) is 5.91 Å². The predicted octanol–water partition coefficient (Wildman–Crippen LogP) is 1.27. The molecule has 1 atom stereocenters. The Kier molecular flexibility index (Phi) is 3.81. The molecule has 0 aliphatic carbocycles. The molecule has 0 spiro atoms. The van der Waals surface area contributed by atoms with E-state index in [2.05, 4.69) is 5.32 Å². The van der Waals surface area contributed by atoms with Crippen molar-refractivity contribution in [2.24, 2.45) is 0 Å². The topological polar surface area (TPSA) is 41.6 Å². The van der Waals surface area contributed by atoms with E-state index in [4.69, 9.17) is 4.74 Å². The Bertz CT molecular complexity index is 451. The second-order valence-electron chi connectivity index (χ2n) is 4.40. The largest absolute Gasteiger partial charge is 0.494 e. The zero-order chi connectivity index (χ0) is 13.1. The van der Waals surface area contributed by atoms with E-state index in [0.717, 1.165) is 13.1 Å². The van der Waals surface area contributed by atoms with E-state index in [1.165, 1.54) is 19.2 Å². The molecule has 18 heavy (non-hydrogen) atoms. The number of hydrogen-bond acceptors (Lipinski definition) is 3. The third kappa shape index (κ3) is 2.46. The van der Waals surface area contributed by atoms with Gasteiger partial charge in [-0.15, -0.1) is 0 Å². The summed E-state index contributed by atoms with van der Waals surface area (Å²) < 4.78 is 18.4. The van der Waals surface area contributed by atoms with Crippen molar-refractivity contribution >= 4 is 5.91 Å². The molecule has 0 saturated carbocycles. The molecule has 98 valence electrons. The first-order valence-electron chi connectivity index (χ1n) is 5.98. The van der Waals surface area contributed by atoms with Gasteiger partial charge in [-0.1, -0.05) is 0 Å². The van der Waals surface area contributed by atoms with Gasteiger partial charge in [-0.05, 0) is 25.1 Å². The summed E-state index contributed by atoms with van der Waals surface area (Å²) in [5.41, 5.74) is 0.363. The first-order chi connectivity index (χ1) is 8.63. The molecular weight excluding hydrogens is 235 g/mol. The molecular formula is C13H17FN2O2. The van der Waals surface area contributed by atoms with Gasteiger partial charge < -0.3 is 15.0 Å².